The number of ether oxygens (including phenoxy) is 1. The fraction of sp³-hybridized carbons (Fsp3) is 0.333. The van der Waals surface area contributed by atoms with E-state index in [2.05, 4.69) is 20.7 Å². The Labute approximate surface area is 311 Å². The third-order valence-corrected chi connectivity index (χ3v) is 10.9. The largest absolute Gasteiger partial charge is 0.485 e. The molecule has 0 saturated carbocycles. The van der Waals surface area contributed by atoms with Gasteiger partial charge < -0.3 is 25.6 Å². The van der Waals surface area contributed by atoms with Gasteiger partial charge in [0.1, 0.15) is 17.5 Å². The Morgan fingerprint density at radius 1 is 1.08 bits per heavy atom. The number of fused-ring (bicyclic) bond motifs is 1. The van der Waals surface area contributed by atoms with Crippen LogP contribution in [0.4, 0.5) is 0 Å². The van der Waals surface area contributed by atoms with Crippen molar-refractivity contribution < 1.29 is 35.7 Å². The highest BCUT2D eigenvalue weighted by Gasteiger charge is 2.40. The number of halogens is 2. The van der Waals surface area contributed by atoms with E-state index in [1.54, 1.807) is 30.3 Å². The highest BCUT2D eigenvalue weighted by Crippen LogP contribution is 2.36. The molecule has 1 saturated heterocycles. The number of rotatable bonds is 12. The van der Waals surface area contributed by atoms with Gasteiger partial charge in [0.2, 0.25) is 15.9 Å². The Morgan fingerprint density at radius 2 is 1.75 bits per heavy atom. The van der Waals surface area contributed by atoms with Crippen molar-refractivity contribution in [3.63, 3.8) is 0 Å². The summed E-state index contributed by atoms with van der Waals surface area (Å²) in [6.07, 6.45) is 5.40. The number of carbonyl (C=O) groups is 2. The van der Waals surface area contributed by atoms with Crippen LogP contribution in [-0.2, 0) is 31.5 Å². The SMILES string of the molecule is CS(=O)(=O)O.Cc1nc2c(OCc3c(Cl)ccc(S(=O)(=O)N4CCC[C@H]4C(=O)NCCCNC(=O)c4ccc(C=NN)cc4)c3Cl)cccn2c1C. The lowest BCUT2D eigenvalue weighted by Crippen LogP contribution is -2.46. The van der Waals surface area contributed by atoms with Gasteiger partial charge in [-0.3, -0.25) is 14.1 Å². The van der Waals surface area contributed by atoms with Crippen molar-refractivity contribution in [3.05, 3.63) is 92.9 Å². The Hall–Kier alpha value is -4.26. The van der Waals surface area contributed by atoms with Crippen molar-refractivity contribution in [2.75, 3.05) is 25.9 Å². The normalized spacial score (nSPS) is 15.0. The zero-order valence-electron chi connectivity index (χ0n) is 28.5. The van der Waals surface area contributed by atoms with Crippen LogP contribution in [-0.4, -0.2) is 85.0 Å². The van der Waals surface area contributed by atoms with Gasteiger partial charge in [0.25, 0.3) is 16.0 Å². The zero-order chi connectivity index (χ0) is 38.2. The molecule has 5 N–H and O–H groups in total. The minimum Gasteiger partial charge on any atom is -0.485 e. The van der Waals surface area contributed by atoms with Gasteiger partial charge in [-0.25, -0.2) is 13.4 Å². The first-order valence-corrected chi connectivity index (χ1v) is 19.9. The number of sulfonamides is 1. The van der Waals surface area contributed by atoms with E-state index >= 15 is 0 Å². The molecule has 19 heteroatoms. The maximum atomic E-state index is 13.9. The van der Waals surface area contributed by atoms with Gasteiger partial charge in [-0.2, -0.15) is 17.8 Å². The first-order chi connectivity index (χ1) is 24.5. The summed E-state index contributed by atoms with van der Waals surface area (Å²) in [6.45, 7) is 4.50. The van der Waals surface area contributed by atoms with Crippen molar-refractivity contribution in [1.29, 1.82) is 0 Å². The molecule has 52 heavy (non-hydrogen) atoms. The van der Waals surface area contributed by atoms with Crippen LogP contribution in [0.25, 0.3) is 5.65 Å². The molecule has 3 heterocycles. The molecule has 2 aromatic carbocycles. The number of aryl methyl sites for hydroxylation is 2. The zero-order valence-corrected chi connectivity index (χ0v) is 31.7. The third-order valence-electron chi connectivity index (χ3n) is 8.04. The number of imidazole rings is 1. The Balaban J connectivity index is 0.00000113. The van der Waals surface area contributed by atoms with Crippen LogP contribution in [0, 0.1) is 13.8 Å². The topological polar surface area (TPSA) is 215 Å². The van der Waals surface area contributed by atoms with Crippen LogP contribution in [0.15, 0.2) is 64.7 Å². The Kier molecular flexibility index (Phi) is 13.6. The van der Waals surface area contributed by atoms with Crippen molar-refractivity contribution >= 4 is 67.0 Å². The molecule has 0 aliphatic carbocycles. The van der Waals surface area contributed by atoms with Crippen molar-refractivity contribution in [2.24, 2.45) is 10.9 Å². The molecule has 1 aliphatic heterocycles. The fourth-order valence-corrected chi connectivity index (χ4v) is 7.91. The van der Waals surface area contributed by atoms with Crippen molar-refractivity contribution in [2.45, 2.75) is 50.7 Å². The van der Waals surface area contributed by atoms with Crippen LogP contribution in [0.5, 0.6) is 5.75 Å². The van der Waals surface area contributed by atoms with E-state index in [1.165, 1.54) is 22.7 Å². The number of nitrogens with zero attached hydrogens (tertiary/aromatic N) is 4. The van der Waals surface area contributed by atoms with Gasteiger partial charge in [-0.05, 0) is 75.1 Å². The highest BCUT2D eigenvalue weighted by molar-refractivity contribution is 7.89. The molecule has 0 radical (unpaired) electrons. The minimum absolute atomic E-state index is 0.0656. The highest BCUT2D eigenvalue weighted by atomic mass is 35.5. The molecule has 1 atom stereocenters. The average molecular weight is 797 g/mol. The number of hydrazone groups is 1. The number of aromatic nitrogens is 2. The number of amides is 2. The van der Waals surface area contributed by atoms with Gasteiger partial charge in [0, 0.05) is 47.7 Å². The molecule has 0 bridgehead atoms. The van der Waals surface area contributed by atoms with E-state index in [9.17, 15) is 26.4 Å². The van der Waals surface area contributed by atoms with Crippen LogP contribution < -0.4 is 21.2 Å². The summed E-state index contributed by atoms with van der Waals surface area (Å²) in [5, 5.41) is 9.24. The molecule has 280 valence electrons. The summed E-state index contributed by atoms with van der Waals surface area (Å²) in [7, 11) is -7.84. The minimum atomic E-state index is -4.17. The maximum Gasteiger partial charge on any atom is 0.261 e. The third kappa shape index (κ3) is 10.2. The molecule has 15 nitrogen and oxygen atoms in total. The molecule has 2 amide bonds. The Morgan fingerprint density at radius 3 is 2.42 bits per heavy atom. The fourth-order valence-electron chi connectivity index (χ4n) is 5.39. The van der Waals surface area contributed by atoms with Crippen LogP contribution >= 0.6 is 23.2 Å². The molecule has 0 spiro atoms. The second-order valence-corrected chi connectivity index (χ2v) is 15.9. The van der Waals surface area contributed by atoms with Crippen LogP contribution in [0.3, 0.4) is 0 Å². The maximum absolute atomic E-state index is 13.9. The summed E-state index contributed by atoms with van der Waals surface area (Å²) in [5.41, 5.74) is 4.01. The molecule has 1 fully saturated rings. The lowest BCUT2D eigenvalue weighted by Gasteiger charge is -2.24. The van der Waals surface area contributed by atoms with Gasteiger partial charge in [-0.1, -0.05) is 35.3 Å². The first kappa shape index (κ1) is 40.5. The second kappa shape index (κ2) is 17.5. The Bertz CT molecular complexity index is 2170. The lowest BCUT2D eigenvalue weighted by atomic mass is 10.1. The monoisotopic (exact) mass is 795 g/mol. The first-order valence-electron chi connectivity index (χ1n) is 15.9. The predicted octanol–water partition coefficient (Wildman–Crippen LogP) is 3.72. The van der Waals surface area contributed by atoms with Gasteiger partial charge >= 0.3 is 0 Å². The number of benzene rings is 2. The molecule has 2 aromatic heterocycles. The van der Waals surface area contributed by atoms with E-state index in [0.717, 1.165) is 17.0 Å². The van der Waals surface area contributed by atoms with Crippen LogP contribution in [0.1, 0.15) is 52.1 Å². The predicted molar refractivity (Wildman–Crippen MR) is 198 cm³/mol. The standard InChI is InChI=1S/C32H35Cl2N7O5S.CH4O3S/c1-20-21(2)40-16-4-7-27(30(40)39-20)46-19-24-25(33)12-13-28(29(24)34)47(44,45)41-17-3-6-26(41)32(43)37-15-5-14-36-31(42)23-10-8-22(9-11-23)18-38-35;1-5(2,3)4/h4,7-13,16,18,26H,3,5-6,14-15,17,19,35H2,1-2H3,(H,36,42)(H,37,43);1H3,(H,2,3,4)/t26-;/m0./s1. The summed E-state index contributed by atoms with van der Waals surface area (Å²) in [6, 6.07) is 12.3. The second-order valence-electron chi connectivity index (χ2n) is 11.8. The smallest absolute Gasteiger partial charge is 0.261 e. The lowest BCUT2D eigenvalue weighted by molar-refractivity contribution is -0.124. The summed E-state index contributed by atoms with van der Waals surface area (Å²) in [4.78, 5) is 29.9. The summed E-state index contributed by atoms with van der Waals surface area (Å²) >= 11 is 13.2. The van der Waals surface area contributed by atoms with Gasteiger partial charge in [-0.15, -0.1) is 0 Å². The molecule has 5 rings (SSSR count). The molecular weight excluding hydrogens is 757 g/mol. The molecule has 4 aromatic rings. The number of nitrogens with one attached hydrogen (secondary N) is 2. The summed E-state index contributed by atoms with van der Waals surface area (Å²) in [5.74, 6) is 4.96. The average Bonchev–Trinajstić information content (AvgIpc) is 3.70. The number of hydrogen-bond donors (Lipinski definition) is 4. The summed E-state index contributed by atoms with van der Waals surface area (Å²) < 4.78 is 62.7. The van der Waals surface area contributed by atoms with Crippen LogP contribution in [0.2, 0.25) is 10.0 Å². The number of nitrogens with two attached hydrogens (primary N) is 1. The quantitative estimate of drug-likeness (QED) is 0.0536. The molecule has 1 aliphatic rings. The van der Waals surface area contributed by atoms with E-state index in [0.29, 0.717) is 54.6 Å². The number of pyridine rings is 1. The van der Waals surface area contributed by atoms with E-state index in [1.807, 2.05) is 30.5 Å². The van der Waals surface area contributed by atoms with Gasteiger partial charge in [0.15, 0.2) is 11.4 Å². The number of hydrogen-bond acceptors (Lipinski definition) is 10. The van der Waals surface area contributed by atoms with E-state index in [-0.39, 0.29) is 40.5 Å². The van der Waals surface area contributed by atoms with Crippen molar-refractivity contribution in [3.8, 4) is 5.75 Å². The van der Waals surface area contributed by atoms with E-state index in [4.69, 9.17) is 38.3 Å². The number of carbonyl (C=O) groups excluding carboxylic acids is 2. The molecular formula is C33H39Cl2N7O8S2. The molecule has 0 unspecified atom stereocenters. The van der Waals surface area contributed by atoms with E-state index < -0.39 is 32.1 Å². The van der Waals surface area contributed by atoms with Crippen molar-refractivity contribution in [1.82, 2.24) is 24.3 Å². The van der Waals surface area contributed by atoms with Gasteiger partial charge in [0.05, 0.1) is 23.2 Å².